The van der Waals surface area contributed by atoms with Crippen molar-refractivity contribution in [2.75, 3.05) is 18.8 Å². The second-order valence-electron chi connectivity index (χ2n) is 3.68. The van der Waals surface area contributed by atoms with Gasteiger partial charge in [0.1, 0.15) is 0 Å². The standard InChI is InChI=1S/C11H17BrN2O2S/c1-3-7-14(4-2)17(15,16)9-5-6-10(12)11(13)8-9/h5-6,8H,3-4,7,13H2,1-2H3. The van der Waals surface area contributed by atoms with E-state index in [1.165, 1.54) is 10.4 Å². The van der Waals surface area contributed by atoms with Gasteiger partial charge in [-0.1, -0.05) is 13.8 Å². The Kier molecular flexibility index (Phi) is 4.97. The molecular formula is C11H17BrN2O2S. The first-order chi connectivity index (χ1) is 7.93. The van der Waals surface area contributed by atoms with Gasteiger partial charge in [0.25, 0.3) is 0 Å². The molecule has 0 spiro atoms. The van der Waals surface area contributed by atoms with Crippen molar-refractivity contribution in [3.05, 3.63) is 22.7 Å². The average Bonchev–Trinajstić information content (AvgIpc) is 2.29. The summed E-state index contributed by atoms with van der Waals surface area (Å²) >= 11 is 3.25. The molecule has 0 heterocycles. The van der Waals surface area contributed by atoms with Crippen molar-refractivity contribution < 1.29 is 8.42 Å². The van der Waals surface area contributed by atoms with Crippen LogP contribution < -0.4 is 5.73 Å². The van der Waals surface area contributed by atoms with Crippen LogP contribution in [-0.2, 0) is 10.0 Å². The third-order valence-corrected chi connectivity index (χ3v) is 5.12. The van der Waals surface area contributed by atoms with Gasteiger partial charge in [-0.15, -0.1) is 0 Å². The van der Waals surface area contributed by atoms with Gasteiger partial charge in [-0.2, -0.15) is 4.31 Å². The van der Waals surface area contributed by atoms with E-state index in [4.69, 9.17) is 5.73 Å². The number of rotatable bonds is 5. The first-order valence-electron chi connectivity index (χ1n) is 5.48. The molecule has 0 aromatic heterocycles. The molecule has 1 aromatic carbocycles. The van der Waals surface area contributed by atoms with Crippen LogP contribution >= 0.6 is 15.9 Å². The van der Waals surface area contributed by atoms with Crippen molar-refractivity contribution in [3.63, 3.8) is 0 Å². The van der Waals surface area contributed by atoms with Crippen molar-refractivity contribution in [2.45, 2.75) is 25.2 Å². The number of hydrogen-bond donors (Lipinski definition) is 1. The van der Waals surface area contributed by atoms with Crippen LogP contribution in [0.15, 0.2) is 27.6 Å². The summed E-state index contributed by atoms with van der Waals surface area (Å²) in [4.78, 5) is 0.244. The van der Waals surface area contributed by atoms with E-state index in [1.807, 2.05) is 13.8 Å². The van der Waals surface area contributed by atoms with E-state index >= 15 is 0 Å². The van der Waals surface area contributed by atoms with Gasteiger partial charge < -0.3 is 5.73 Å². The normalized spacial score (nSPS) is 12.0. The molecule has 0 aliphatic heterocycles. The fourth-order valence-corrected chi connectivity index (χ4v) is 3.35. The topological polar surface area (TPSA) is 63.4 Å². The van der Waals surface area contributed by atoms with Crippen LogP contribution in [0.25, 0.3) is 0 Å². The molecule has 1 rings (SSSR count). The lowest BCUT2D eigenvalue weighted by Gasteiger charge is -2.20. The Hall–Kier alpha value is -0.590. The lowest BCUT2D eigenvalue weighted by atomic mass is 10.3. The van der Waals surface area contributed by atoms with Crippen molar-refractivity contribution in [2.24, 2.45) is 0 Å². The predicted octanol–water partition coefficient (Wildman–Crippen LogP) is 2.45. The van der Waals surface area contributed by atoms with Crippen LogP contribution in [-0.4, -0.2) is 25.8 Å². The zero-order valence-corrected chi connectivity index (χ0v) is 12.4. The Bertz CT molecular complexity index is 488. The van der Waals surface area contributed by atoms with Crippen LogP contribution in [0.5, 0.6) is 0 Å². The van der Waals surface area contributed by atoms with Crippen molar-refractivity contribution >= 4 is 31.6 Å². The summed E-state index contributed by atoms with van der Waals surface area (Å²) in [6.45, 7) is 4.77. The third kappa shape index (κ3) is 3.20. The minimum Gasteiger partial charge on any atom is -0.398 e. The second kappa shape index (κ2) is 5.84. The number of hydrogen-bond acceptors (Lipinski definition) is 3. The molecule has 0 bridgehead atoms. The summed E-state index contributed by atoms with van der Waals surface area (Å²) in [5.41, 5.74) is 6.13. The Morgan fingerprint density at radius 3 is 2.47 bits per heavy atom. The molecule has 0 saturated carbocycles. The lowest BCUT2D eigenvalue weighted by molar-refractivity contribution is 0.427. The van der Waals surface area contributed by atoms with E-state index in [1.54, 1.807) is 12.1 Å². The Morgan fingerprint density at radius 1 is 1.35 bits per heavy atom. The molecule has 6 heteroatoms. The average molecular weight is 321 g/mol. The molecule has 0 radical (unpaired) electrons. The van der Waals surface area contributed by atoms with Gasteiger partial charge in [0, 0.05) is 23.2 Å². The van der Waals surface area contributed by atoms with Crippen LogP contribution in [0, 0.1) is 0 Å². The van der Waals surface area contributed by atoms with E-state index in [2.05, 4.69) is 15.9 Å². The molecular weight excluding hydrogens is 304 g/mol. The van der Waals surface area contributed by atoms with Crippen LogP contribution in [0.1, 0.15) is 20.3 Å². The van der Waals surface area contributed by atoms with Crippen LogP contribution in [0.3, 0.4) is 0 Å². The molecule has 1 aromatic rings. The van der Waals surface area contributed by atoms with Crippen LogP contribution in [0.4, 0.5) is 5.69 Å². The lowest BCUT2D eigenvalue weighted by Crippen LogP contribution is -2.31. The fourth-order valence-electron chi connectivity index (χ4n) is 1.53. The van der Waals surface area contributed by atoms with Gasteiger partial charge in [-0.3, -0.25) is 0 Å². The largest absolute Gasteiger partial charge is 0.398 e. The first-order valence-corrected chi connectivity index (χ1v) is 7.72. The maximum Gasteiger partial charge on any atom is 0.243 e. The molecule has 0 aliphatic carbocycles. The molecule has 2 N–H and O–H groups in total. The number of nitrogens with two attached hydrogens (primary N) is 1. The van der Waals surface area contributed by atoms with E-state index < -0.39 is 10.0 Å². The zero-order chi connectivity index (χ0) is 13.1. The molecule has 0 amide bonds. The molecule has 0 saturated heterocycles. The molecule has 17 heavy (non-hydrogen) atoms. The maximum atomic E-state index is 12.3. The molecule has 96 valence electrons. The molecule has 0 unspecified atom stereocenters. The van der Waals surface area contributed by atoms with E-state index in [9.17, 15) is 8.42 Å². The van der Waals surface area contributed by atoms with E-state index in [-0.39, 0.29) is 4.90 Å². The first kappa shape index (κ1) is 14.5. The smallest absolute Gasteiger partial charge is 0.243 e. The number of halogens is 1. The van der Waals surface area contributed by atoms with Gasteiger partial charge in [-0.05, 0) is 40.5 Å². The van der Waals surface area contributed by atoms with Gasteiger partial charge in [0.05, 0.1) is 4.90 Å². The number of anilines is 1. The third-order valence-electron chi connectivity index (χ3n) is 2.43. The van der Waals surface area contributed by atoms with Crippen molar-refractivity contribution in [1.29, 1.82) is 0 Å². The van der Waals surface area contributed by atoms with Crippen molar-refractivity contribution in [3.8, 4) is 0 Å². The Morgan fingerprint density at radius 2 is 2.00 bits per heavy atom. The quantitative estimate of drug-likeness (QED) is 0.847. The van der Waals surface area contributed by atoms with Crippen molar-refractivity contribution in [1.82, 2.24) is 4.31 Å². The highest BCUT2D eigenvalue weighted by Gasteiger charge is 2.22. The number of nitrogen functional groups attached to an aromatic ring is 1. The Labute approximate surface area is 111 Å². The van der Waals surface area contributed by atoms with Crippen LogP contribution in [0.2, 0.25) is 0 Å². The maximum absolute atomic E-state index is 12.3. The Balaban J connectivity index is 3.15. The number of sulfonamides is 1. The highest BCUT2D eigenvalue weighted by atomic mass is 79.9. The SMILES string of the molecule is CCCN(CC)S(=O)(=O)c1ccc(Br)c(N)c1. The summed E-state index contributed by atoms with van der Waals surface area (Å²) in [6.07, 6.45) is 0.791. The molecule has 0 fully saturated rings. The van der Waals surface area contributed by atoms with E-state index in [0.29, 0.717) is 23.2 Å². The second-order valence-corrected chi connectivity index (χ2v) is 6.47. The zero-order valence-electron chi connectivity index (χ0n) is 9.98. The van der Waals surface area contributed by atoms with Gasteiger partial charge in [0.15, 0.2) is 0 Å². The molecule has 0 atom stereocenters. The molecule has 4 nitrogen and oxygen atoms in total. The van der Waals surface area contributed by atoms with Gasteiger partial charge in [-0.25, -0.2) is 8.42 Å². The highest BCUT2D eigenvalue weighted by molar-refractivity contribution is 9.10. The number of benzene rings is 1. The summed E-state index contributed by atoms with van der Waals surface area (Å²) < 4.78 is 26.7. The summed E-state index contributed by atoms with van der Waals surface area (Å²) in [6, 6.07) is 4.70. The highest BCUT2D eigenvalue weighted by Crippen LogP contribution is 2.24. The van der Waals surface area contributed by atoms with E-state index in [0.717, 1.165) is 6.42 Å². The van der Waals surface area contributed by atoms with Gasteiger partial charge in [0.2, 0.25) is 10.0 Å². The summed E-state index contributed by atoms with van der Waals surface area (Å²) in [5, 5.41) is 0. The fraction of sp³-hybridized carbons (Fsp3) is 0.455. The minimum atomic E-state index is -3.42. The van der Waals surface area contributed by atoms with Gasteiger partial charge >= 0.3 is 0 Å². The number of nitrogens with zero attached hydrogens (tertiary/aromatic N) is 1. The minimum absolute atomic E-state index is 0.244. The molecule has 0 aliphatic rings. The predicted molar refractivity (Wildman–Crippen MR) is 73.3 cm³/mol. The summed E-state index contributed by atoms with van der Waals surface area (Å²) in [5.74, 6) is 0. The monoisotopic (exact) mass is 320 g/mol. The summed E-state index contributed by atoms with van der Waals surface area (Å²) in [7, 11) is -3.42.